The van der Waals surface area contributed by atoms with E-state index in [4.69, 9.17) is 23.2 Å². The predicted octanol–water partition coefficient (Wildman–Crippen LogP) is 0.580. The van der Waals surface area contributed by atoms with Crippen LogP contribution < -0.4 is 5.32 Å². The minimum Gasteiger partial charge on any atom is -0.354 e. The fourth-order valence-corrected chi connectivity index (χ4v) is 0.423. The maximum atomic E-state index is 10.3. The number of carbonyl (C=O) groups is 1. The number of alkyl halides is 2. The lowest BCUT2D eigenvalue weighted by atomic mass is 10.6. The molecule has 0 aliphatic carbocycles. The second-order valence-corrected chi connectivity index (χ2v) is 1.82. The average molecular weight is 156 g/mol. The van der Waals surface area contributed by atoms with Gasteiger partial charge in [-0.1, -0.05) is 0 Å². The van der Waals surface area contributed by atoms with Crippen molar-refractivity contribution in [3.63, 3.8) is 0 Å². The monoisotopic (exact) mass is 155 g/mol. The van der Waals surface area contributed by atoms with Gasteiger partial charge in [-0.15, -0.1) is 23.2 Å². The molecule has 0 spiro atoms. The predicted molar refractivity (Wildman–Crippen MR) is 34.4 cm³/mol. The molecule has 0 radical (unpaired) electrons. The van der Waals surface area contributed by atoms with Gasteiger partial charge in [-0.2, -0.15) is 0 Å². The van der Waals surface area contributed by atoms with Crippen LogP contribution in [0.25, 0.3) is 0 Å². The highest BCUT2D eigenvalue weighted by Gasteiger charge is 1.92. The lowest BCUT2D eigenvalue weighted by Crippen LogP contribution is -2.25. The lowest BCUT2D eigenvalue weighted by Gasteiger charge is -1.95. The van der Waals surface area contributed by atoms with Crippen molar-refractivity contribution in [1.82, 2.24) is 5.32 Å². The molecule has 0 fully saturated rings. The van der Waals surface area contributed by atoms with Crippen molar-refractivity contribution in [3.8, 4) is 0 Å². The molecule has 1 N–H and O–H groups in total. The zero-order valence-corrected chi connectivity index (χ0v) is 5.80. The van der Waals surface area contributed by atoms with Crippen LogP contribution in [0.1, 0.15) is 0 Å². The van der Waals surface area contributed by atoms with Gasteiger partial charge in [0.2, 0.25) is 5.91 Å². The third-order valence-electron chi connectivity index (χ3n) is 0.538. The van der Waals surface area contributed by atoms with Crippen molar-refractivity contribution in [3.05, 3.63) is 0 Å². The molecule has 0 aliphatic rings. The summed E-state index contributed by atoms with van der Waals surface area (Å²) in [6.45, 7) is 0.493. The summed E-state index contributed by atoms with van der Waals surface area (Å²) in [5.74, 6) is 0.270. The summed E-state index contributed by atoms with van der Waals surface area (Å²) in [4.78, 5) is 10.3. The Kier molecular flexibility index (Phi) is 5.22. The normalized spacial score (nSPS) is 8.75. The number of amides is 1. The number of halogens is 2. The van der Waals surface area contributed by atoms with Gasteiger partial charge in [-0.25, -0.2) is 0 Å². The Labute approximate surface area is 58.2 Å². The Hall–Kier alpha value is 0.0500. The second kappa shape index (κ2) is 5.19. The van der Waals surface area contributed by atoms with Crippen LogP contribution in [-0.4, -0.2) is 24.2 Å². The molecule has 0 aromatic rings. The lowest BCUT2D eigenvalue weighted by molar-refractivity contribution is -0.118. The van der Waals surface area contributed by atoms with E-state index >= 15 is 0 Å². The Morgan fingerprint density at radius 3 is 2.50 bits per heavy atom. The van der Waals surface area contributed by atoms with Crippen LogP contribution in [0.2, 0.25) is 0 Å². The Morgan fingerprint density at radius 2 is 2.12 bits per heavy atom. The van der Waals surface area contributed by atoms with Crippen molar-refractivity contribution >= 4 is 29.1 Å². The van der Waals surface area contributed by atoms with E-state index in [-0.39, 0.29) is 11.8 Å². The summed E-state index contributed by atoms with van der Waals surface area (Å²) in [5, 5.41) is 2.48. The van der Waals surface area contributed by atoms with Crippen LogP contribution in [0.5, 0.6) is 0 Å². The van der Waals surface area contributed by atoms with E-state index < -0.39 is 0 Å². The number of nitrogens with one attached hydrogen (secondary N) is 1. The van der Waals surface area contributed by atoms with Crippen molar-refractivity contribution in [1.29, 1.82) is 0 Å². The molecule has 0 rings (SSSR count). The molecule has 1 amide bonds. The molecule has 0 aliphatic heterocycles. The first-order valence-electron chi connectivity index (χ1n) is 2.20. The van der Waals surface area contributed by atoms with Gasteiger partial charge in [0.05, 0.1) is 0 Å². The molecule has 2 nitrogen and oxygen atoms in total. The number of carbonyl (C=O) groups excluding carboxylic acids is 1. The van der Waals surface area contributed by atoms with Crippen LogP contribution in [0.15, 0.2) is 0 Å². The molecule has 48 valence electrons. The van der Waals surface area contributed by atoms with Gasteiger partial charge in [0, 0.05) is 12.4 Å². The largest absolute Gasteiger partial charge is 0.354 e. The third-order valence-corrected chi connectivity index (χ3v) is 0.970. The quantitative estimate of drug-likeness (QED) is 0.595. The first kappa shape index (κ1) is 8.05. The molecular formula is C4H7Cl2NO. The van der Waals surface area contributed by atoms with Gasteiger partial charge in [-0.05, 0) is 0 Å². The fourth-order valence-electron chi connectivity index (χ4n) is 0.234. The van der Waals surface area contributed by atoms with E-state index in [0.717, 1.165) is 0 Å². The van der Waals surface area contributed by atoms with Crippen molar-refractivity contribution in [2.45, 2.75) is 0 Å². The standard InChI is InChI=1S/C4H7Cl2NO/c5-1-2-7-4(8)3-6/h1-3H2,(H,7,8). The van der Waals surface area contributed by atoms with E-state index in [1.165, 1.54) is 0 Å². The average Bonchev–Trinajstić information content (AvgIpc) is 1.83. The third kappa shape index (κ3) is 4.22. The maximum absolute atomic E-state index is 10.3. The highest BCUT2D eigenvalue weighted by atomic mass is 35.5. The molecule has 8 heavy (non-hydrogen) atoms. The van der Waals surface area contributed by atoms with E-state index in [1.807, 2.05) is 0 Å². The molecule has 0 heterocycles. The highest BCUT2D eigenvalue weighted by Crippen LogP contribution is 1.74. The zero-order valence-electron chi connectivity index (χ0n) is 4.29. The van der Waals surface area contributed by atoms with Gasteiger partial charge < -0.3 is 5.32 Å². The van der Waals surface area contributed by atoms with E-state index in [0.29, 0.717) is 12.4 Å². The molecular weight excluding hydrogens is 149 g/mol. The van der Waals surface area contributed by atoms with Crippen LogP contribution in [0, 0.1) is 0 Å². The molecule has 0 unspecified atom stereocenters. The van der Waals surface area contributed by atoms with Gasteiger partial charge in [0.25, 0.3) is 0 Å². The maximum Gasteiger partial charge on any atom is 0.234 e. The molecule has 0 saturated heterocycles. The number of rotatable bonds is 3. The Balaban J connectivity index is 2.99. The summed E-state index contributed by atoms with van der Waals surface area (Å²) in [5.41, 5.74) is 0. The summed E-state index contributed by atoms with van der Waals surface area (Å²) in [6.07, 6.45) is 0. The van der Waals surface area contributed by atoms with Crippen molar-refractivity contribution in [2.24, 2.45) is 0 Å². The Bertz CT molecular complexity index is 76.4. The highest BCUT2D eigenvalue weighted by molar-refractivity contribution is 6.27. The topological polar surface area (TPSA) is 29.1 Å². The minimum absolute atomic E-state index is 0.0108. The summed E-state index contributed by atoms with van der Waals surface area (Å²) >= 11 is 10.4. The first-order chi connectivity index (χ1) is 3.81. The van der Waals surface area contributed by atoms with E-state index in [9.17, 15) is 4.79 Å². The molecule has 0 saturated carbocycles. The summed E-state index contributed by atoms with van der Waals surface area (Å²) in [7, 11) is 0. The smallest absolute Gasteiger partial charge is 0.234 e. The molecule has 0 aromatic carbocycles. The molecule has 4 heteroatoms. The summed E-state index contributed by atoms with van der Waals surface area (Å²) in [6, 6.07) is 0. The molecule has 0 atom stereocenters. The minimum atomic E-state index is -0.174. The van der Waals surface area contributed by atoms with Gasteiger partial charge >= 0.3 is 0 Å². The van der Waals surface area contributed by atoms with Crippen LogP contribution in [0.4, 0.5) is 0 Å². The van der Waals surface area contributed by atoms with E-state index in [2.05, 4.69) is 5.32 Å². The molecule has 0 bridgehead atoms. The Morgan fingerprint density at radius 1 is 1.50 bits per heavy atom. The van der Waals surface area contributed by atoms with Crippen LogP contribution in [-0.2, 0) is 4.79 Å². The second-order valence-electron chi connectivity index (χ2n) is 1.17. The van der Waals surface area contributed by atoms with Gasteiger partial charge in [0.1, 0.15) is 5.88 Å². The van der Waals surface area contributed by atoms with Crippen molar-refractivity contribution < 1.29 is 4.79 Å². The van der Waals surface area contributed by atoms with E-state index in [1.54, 1.807) is 0 Å². The van der Waals surface area contributed by atoms with Crippen molar-refractivity contribution in [2.75, 3.05) is 18.3 Å². The zero-order chi connectivity index (χ0) is 6.41. The SMILES string of the molecule is O=C(CCl)NCCCl. The summed E-state index contributed by atoms with van der Waals surface area (Å²) < 4.78 is 0. The van der Waals surface area contributed by atoms with Gasteiger partial charge in [-0.3, -0.25) is 4.79 Å². The number of hydrogen-bond acceptors (Lipinski definition) is 1. The van der Waals surface area contributed by atoms with Crippen LogP contribution >= 0.6 is 23.2 Å². The van der Waals surface area contributed by atoms with Gasteiger partial charge in [0.15, 0.2) is 0 Å². The van der Waals surface area contributed by atoms with Crippen LogP contribution in [0.3, 0.4) is 0 Å². The first-order valence-corrected chi connectivity index (χ1v) is 3.26. The fraction of sp³-hybridized carbons (Fsp3) is 0.750. The number of hydrogen-bond donors (Lipinski definition) is 1. The molecule has 0 aromatic heterocycles.